The summed E-state index contributed by atoms with van der Waals surface area (Å²) in [7, 11) is 0. The number of rotatable bonds is 6. The van der Waals surface area contributed by atoms with Crippen molar-refractivity contribution >= 4 is 17.6 Å². The monoisotopic (exact) mass is 478 g/mol. The summed E-state index contributed by atoms with van der Waals surface area (Å²) in [6.07, 6.45) is 19.0. The van der Waals surface area contributed by atoms with E-state index in [-0.39, 0.29) is 16.7 Å². The van der Waals surface area contributed by atoms with Crippen molar-refractivity contribution in [2.75, 3.05) is 0 Å². The smallest absolute Gasteiger partial charge is 0.314 e. The Morgan fingerprint density at radius 2 is 1.58 bits per heavy atom. The van der Waals surface area contributed by atoms with Gasteiger partial charge in [-0.05, 0) is 119 Å². The largest absolute Gasteiger partial charge is 0.423 e. The minimum absolute atomic E-state index is 0.233. The predicted octanol–water partition coefficient (Wildman–Crippen LogP) is 8.52. The highest BCUT2D eigenvalue weighted by Crippen LogP contribution is 2.49. The standard InChI is InChI=1S/C28H37ClF2O2/c1-2-3-4-5-18-6-7-23-17-22(13-12-21(23)16-18)19-8-10-20(11-9-19)28(32)33-25-15-14-24(29)26(30)27(25)31/h2-3,14-15,18-23H,4-13,16-17H2,1H3/b3-2+. The van der Waals surface area contributed by atoms with Crippen molar-refractivity contribution in [3.63, 3.8) is 0 Å². The number of halogens is 3. The van der Waals surface area contributed by atoms with Crippen LogP contribution < -0.4 is 4.74 Å². The van der Waals surface area contributed by atoms with Gasteiger partial charge in [0, 0.05) is 0 Å². The third kappa shape index (κ3) is 5.99. The van der Waals surface area contributed by atoms with Gasteiger partial charge in [0.25, 0.3) is 0 Å². The molecule has 0 aliphatic heterocycles. The molecule has 3 fully saturated rings. The first-order valence-electron chi connectivity index (χ1n) is 12.9. The lowest BCUT2D eigenvalue weighted by Crippen LogP contribution is -2.35. The highest BCUT2D eigenvalue weighted by Gasteiger charge is 2.39. The molecule has 3 aliphatic rings. The van der Waals surface area contributed by atoms with E-state index in [0.29, 0.717) is 5.92 Å². The summed E-state index contributed by atoms with van der Waals surface area (Å²) in [6, 6.07) is 2.43. The van der Waals surface area contributed by atoms with Crippen LogP contribution in [0, 0.1) is 47.1 Å². The molecule has 0 heterocycles. The molecule has 0 amide bonds. The van der Waals surface area contributed by atoms with Crippen LogP contribution in [0.15, 0.2) is 24.3 Å². The summed E-state index contributed by atoms with van der Waals surface area (Å²) in [5.74, 6) is 0.780. The van der Waals surface area contributed by atoms with Gasteiger partial charge in [0.1, 0.15) is 0 Å². The molecule has 33 heavy (non-hydrogen) atoms. The lowest BCUT2D eigenvalue weighted by molar-refractivity contribution is -0.140. The van der Waals surface area contributed by atoms with E-state index in [9.17, 15) is 13.6 Å². The molecule has 5 heteroatoms. The summed E-state index contributed by atoms with van der Waals surface area (Å²) in [6.45, 7) is 2.11. The zero-order valence-corrected chi connectivity index (χ0v) is 20.5. The lowest BCUT2D eigenvalue weighted by atomic mass is 9.60. The van der Waals surface area contributed by atoms with E-state index in [0.717, 1.165) is 49.4 Å². The zero-order chi connectivity index (χ0) is 23.4. The molecule has 1 aromatic carbocycles. The minimum atomic E-state index is -1.20. The van der Waals surface area contributed by atoms with Gasteiger partial charge in [-0.2, -0.15) is 4.39 Å². The molecule has 0 spiro atoms. The number of ether oxygens (including phenoxy) is 1. The summed E-state index contributed by atoms with van der Waals surface area (Å²) in [5.41, 5.74) is 0. The van der Waals surface area contributed by atoms with Crippen LogP contribution in [0.3, 0.4) is 0 Å². The molecule has 2 nitrogen and oxygen atoms in total. The molecule has 0 saturated heterocycles. The summed E-state index contributed by atoms with van der Waals surface area (Å²) >= 11 is 5.58. The van der Waals surface area contributed by atoms with Crippen LogP contribution in [-0.2, 0) is 4.79 Å². The molecule has 4 unspecified atom stereocenters. The van der Waals surface area contributed by atoms with E-state index < -0.39 is 17.6 Å². The van der Waals surface area contributed by atoms with Crippen molar-refractivity contribution in [1.29, 1.82) is 0 Å². The number of allylic oxidation sites excluding steroid dienone is 2. The zero-order valence-electron chi connectivity index (χ0n) is 19.7. The number of hydrogen-bond acceptors (Lipinski definition) is 2. The number of carbonyl (C=O) groups excluding carboxylic acids is 1. The highest BCUT2D eigenvalue weighted by molar-refractivity contribution is 6.30. The second kappa shape index (κ2) is 11.3. The van der Waals surface area contributed by atoms with Crippen LogP contribution in [0.4, 0.5) is 8.78 Å². The van der Waals surface area contributed by atoms with E-state index in [4.69, 9.17) is 16.3 Å². The average Bonchev–Trinajstić information content (AvgIpc) is 2.84. The van der Waals surface area contributed by atoms with E-state index in [1.807, 2.05) is 0 Å². The molecule has 0 bridgehead atoms. The van der Waals surface area contributed by atoms with Crippen molar-refractivity contribution in [3.8, 4) is 5.75 Å². The van der Waals surface area contributed by atoms with Crippen LogP contribution in [-0.4, -0.2) is 5.97 Å². The van der Waals surface area contributed by atoms with Gasteiger partial charge in [0.05, 0.1) is 10.9 Å². The number of fused-ring (bicyclic) bond motifs is 1. The van der Waals surface area contributed by atoms with Gasteiger partial charge in [0.2, 0.25) is 5.82 Å². The molecule has 4 atom stereocenters. The number of carbonyl (C=O) groups is 1. The summed E-state index contributed by atoms with van der Waals surface area (Å²) < 4.78 is 32.8. The van der Waals surface area contributed by atoms with Gasteiger partial charge < -0.3 is 4.74 Å². The van der Waals surface area contributed by atoms with E-state index in [1.165, 1.54) is 63.5 Å². The lowest BCUT2D eigenvalue weighted by Gasteiger charge is -2.45. The topological polar surface area (TPSA) is 26.3 Å². The Balaban J connectivity index is 1.23. The predicted molar refractivity (Wildman–Crippen MR) is 128 cm³/mol. The van der Waals surface area contributed by atoms with Crippen LogP contribution >= 0.6 is 11.6 Å². The Hall–Kier alpha value is -1.42. The molecule has 0 radical (unpaired) electrons. The molecule has 1 aromatic rings. The van der Waals surface area contributed by atoms with E-state index in [1.54, 1.807) is 0 Å². The van der Waals surface area contributed by atoms with E-state index in [2.05, 4.69) is 19.1 Å². The van der Waals surface area contributed by atoms with Crippen LogP contribution in [0.5, 0.6) is 5.75 Å². The fourth-order valence-electron chi connectivity index (χ4n) is 6.82. The maximum absolute atomic E-state index is 14.0. The quantitative estimate of drug-likeness (QED) is 0.177. The SMILES string of the molecule is C/C=C/CCC1CCC2CC(C3CCC(C(=O)Oc4ccc(Cl)c(F)c4F)CC3)CCC2C1. The summed E-state index contributed by atoms with van der Waals surface area (Å²) in [4.78, 5) is 12.6. The molecular formula is C28H37ClF2O2. The van der Waals surface area contributed by atoms with Gasteiger partial charge in [-0.25, -0.2) is 4.39 Å². The molecular weight excluding hydrogens is 442 g/mol. The Morgan fingerprint density at radius 3 is 2.30 bits per heavy atom. The Bertz CT molecular complexity index is 847. The molecule has 0 N–H and O–H groups in total. The maximum Gasteiger partial charge on any atom is 0.314 e. The molecule has 4 rings (SSSR count). The van der Waals surface area contributed by atoms with Gasteiger partial charge in [-0.3, -0.25) is 4.79 Å². The molecule has 3 saturated carbocycles. The fraction of sp³-hybridized carbons (Fsp3) is 0.679. The molecule has 3 aliphatic carbocycles. The Morgan fingerprint density at radius 1 is 0.939 bits per heavy atom. The first kappa shape index (κ1) is 24.7. The van der Waals surface area contributed by atoms with Gasteiger partial charge in [0.15, 0.2) is 11.6 Å². The number of esters is 1. The highest BCUT2D eigenvalue weighted by atomic mass is 35.5. The number of hydrogen-bond donors (Lipinski definition) is 0. The number of benzene rings is 1. The normalized spacial score (nSPS) is 32.5. The van der Waals surface area contributed by atoms with Crippen LogP contribution in [0.1, 0.15) is 84.0 Å². The molecule has 182 valence electrons. The second-order valence-corrected chi connectivity index (χ2v) is 11.0. The average molecular weight is 479 g/mol. The van der Waals surface area contributed by atoms with Crippen LogP contribution in [0.2, 0.25) is 5.02 Å². The summed E-state index contributed by atoms with van der Waals surface area (Å²) in [5, 5.41) is -0.315. The van der Waals surface area contributed by atoms with Gasteiger partial charge >= 0.3 is 5.97 Å². The second-order valence-electron chi connectivity index (χ2n) is 10.6. The molecule has 0 aromatic heterocycles. The van der Waals surface area contributed by atoms with Crippen molar-refractivity contribution in [1.82, 2.24) is 0 Å². The fourth-order valence-corrected chi connectivity index (χ4v) is 6.96. The van der Waals surface area contributed by atoms with Gasteiger partial charge in [-0.15, -0.1) is 0 Å². The first-order chi connectivity index (χ1) is 16.0. The third-order valence-electron chi connectivity index (χ3n) is 8.72. The third-order valence-corrected chi connectivity index (χ3v) is 9.01. The van der Waals surface area contributed by atoms with E-state index >= 15 is 0 Å². The maximum atomic E-state index is 14.0. The minimum Gasteiger partial charge on any atom is -0.423 e. The Labute approximate surface area is 202 Å². The Kier molecular flexibility index (Phi) is 8.48. The van der Waals surface area contributed by atoms with Crippen molar-refractivity contribution in [2.45, 2.75) is 84.0 Å². The van der Waals surface area contributed by atoms with Crippen molar-refractivity contribution in [3.05, 3.63) is 40.9 Å². The van der Waals surface area contributed by atoms with Crippen molar-refractivity contribution < 1.29 is 18.3 Å². The van der Waals surface area contributed by atoms with Crippen molar-refractivity contribution in [2.24, 2.45) is 35.5 Å². The van der Waals surface area contributed by atoms with Gasteiger partial charge in [-0.1, -0.05) is 30.2 Å². The van der Waals surface area contributed by atoms with Crippen LogP contribution in [0.25, 0.3) is 0 Å². The first-order valence-corrected chi connectivity index (χ1v) is 13.3.